The lowest BCUT2D eigenvalue weighted by Gasteiger charge is -2.35. The topological polar surface area (TPSA) is 69.6 Å². The van der Waals surface area contributed by atoms with E-state index < -0.39 is 5.60 Å². The first-order valence-corrected chi connectivity index (χ1v) is 8.40. The van der Waals surface area contributed by atoms with Gasteiger partial charge in [0.25, 0.3) is 0 Å². The number of aryl methyl sites for hydroxylation is 1. The van der Waals surface area contributed by atoms with Gasteiger partial charge in [0, 0.05) is 19.5 Å². The first-order valence-electron chi connectivity index (χ1n) is 8.40. The summed E-state index contributed by atoms with van der Waals surface area (Å²) in [5.74, 6) is -0.398. The fourth-order valence-corrected chi connectivity index (χ4v) is 3.71. The number of amides is 2. The number of rotatable bonds is 4. The van der Waals surface area contributed by atoms with Crippen molar-refractivity contribution in [3.63, 3.8) is 0 Å². The fourth-order valence-electron chi connectivity index (χ4n) is 3.71. The molecule has 1 fully saturated rings. The van der Waals surface area contributed by atoms with Crippen LogP contribution in [0.1, 0.15) is 37.3 Å². The molecule has 0 radical (unpaired) electrons. The molecule has 1 heterocycles. The molecular formula is C18H24N2O3. The molecule has 1 saturated heterocycles. The van der Waals surface area contributed by atoms with E-state index in [4.69, 9.17) is 0 Å². The molecule has 0 spiro atoms. The fraction of sp³-hybridized carbons (Fsp3) is 0.556. The highest BCUT2D eigenvalue weighted by Crippen LogP contribution is 2.34. The number of nitrogens with zero attached hydrogens (tertiary/aromatic N) is 1. The van der Waals surface area contributed by atoms with Crippen molar-refractivity contribution in [3.8, 4) is 0 Å². The van der Waals surface area contributed by atoms with E-state index in [1.54, 1.807) is 4.90 Å². The number of hydrogen-bond acceptors (Lipinski definition) is 3. The van der Waals surface area contributed by atoms with Crippen LogP contribution in [0.25, 0.3) is 0 Å². The van der Waals surface area contributed by atoms with Gasteiger partial charge in [-0.3, -0.25) is 9.59 Å². The molecule has 1 aliphatic heterocycles. The van der Waals surface area contributed by atoms with Crippen molar-refractivity contribution in [1.82, 2.24) is 10.2 Å². The largest absolute Gasteiger partial charge is 0.383 e. The Kier molecular flexibility index (Phi) is 4.39. The van der Waals surface area contributed by atoms with Crippen molar-refractivity contribution in [3.05, 3.63) is 35.4 Å². The van der Waals surface area contributed by atoms with E-state index in [9.17, 15) is 14.7 Å². The maximum absolute atomic E-state index is 12.3. The molecule has 5 nitrogen and oxygen atoms in total. The van der Waals surface area contributed by atoms with Crippen LogP contribution in [0, 0.1) is 5.92 Å². The van der Waals surface area contributed by atoms with Crippen molar-refractivity contribution < 1.29 is 14.7 Å². The molecule has 0 bridgehead atoms. The van der Waals surface area contributed by atoms with Crippen LogP contribution in [0.4, 0.5) is 0 Å². The highest BCUT2D eigenvalue weighted by atomic mass is 16.3. The van der Waals surface area contributed by atoms with Gasteiger partial charge < -0.3 is 15.3 Å². The second kappa shape index (κ2) is 6.32. The molecule has 2 aliphatic rings. The zero-order valence-corrected chi connectivity index (χ0v) is 13.5. The number of benzene rings is 1. The molecule has 3 rings (SSSR count). The normalized spacial score (nSPS) is 27.0. The van der Waals surface area contributed by atoms with Crippen LogP contribution in [0.2, 0.25) is 0 Å². The summed E-state index contributed by atoms with van der Waals surface area (Å²) < 4.78 is 0. The van der Waals surface area contributed by atoms with Gasteiger partial charge in [-0.25, -0.2) is 0 Å². The average molecular weight is 316 g/mol. The summed E-state index contributed by atoms with van der Waals surface area (Å²) >= 11 is 0. The standard InChI is InChI=1S/C18H24N2O3/c1-2-20-11-14(10-16(20)21)17(22)19-12-18(23)9-5-7-13-6-3-4-8-15(13)18/h3-4,6,8,14,23H,2,5,7,9-12H2,1H3,(H,19,22). The van der Waals surface area contributed by atoms with E-state index in [0.29, 0.717) is 19.5 Å². The summed E-state index contributed by atoms with van der Waals surface area (Å²) in [5, 5.41) is 13.8. The number of nitrogens with one attached hydrogen (secondary N) is 1. The first-order chi connectivity index (χ1) is 11.0. The van der Waals surface area contributed by atoms with Crippen LogP contribution in [0.15, 0.2) is 24.3 Å². The van der Waals surface area contributed by atoms with Crippen LogP contribution >= 0.6 is 0 Å². The third-order valence-corrected chi connectivity index (χ3v) is 5.08. The molecule has 2 atom stereocenters. The molecule has 1 aromatic carbocycles. The van der Waals surface area contributed by atoms with Crippen LogP contribution in [-0.4, -0.2) is 41.5 Å². The Balaban J connectivity index is 1.65. The van der Waals surface area contributed by atoms with Gasteiger partial charge in [-0.2, -0.15) is 0 Å². The maximum atomic E-state index is 12.3. The van der Waals surface area contributed by atoms with Gasteiger partial charge in [0.05, 0.1) is 12.5 Å². The lowest BCUT2D eigenvalue weighted by Crippen LogP contribution is -2.45. The summed E-state index contributed by atoms with van der Waals surface area (Å²) in [6.45, 7) is 3.25. The van der Waals surface area contributed by atoms with Gasteiger partial charge in [0.15, 0.2) is 0 Å². The van der Waals surface area contributed by atoms with Gasteiger partial charge in [-0.15, -0.1) is 0 Å². The molecular weight excluding hydrogens is 292 g/mol. The Labute approximate surface area is 136 Å². The number of likely N-dealkylation sites (tertiary alicyclic amines) is 1. The quantitative estimate of drug-likeness (QED) is 0.877. The molecule has 124 valence electrons. The average Bonchev–Trinajstić information content (AvgIpc) is 2.94. The molecule has 23 heavy (non-hydrogen) atoms. The first kappa shape index (κ1) is 16.0. The molecule has 0 saturated carbocycles. The maximum Gasteiger partial charge on any atom is 0.225 e. The van der Waals surface area contributed by atoms with Crippen molar-refractivity contribution in [2.75, 3.05) is 19.6 Å². The van der Waals surface area contributed by atoms with E-state index >= 15 is 0 Å². The van der Waals surface area contributed by atoms with Crippen molar-refractivity contribution in [2.45, 2.75) is 38.2 Å². The second-order valence-corrected chi connectivity index (χ2v) is 6.59. The lowest BCUT2D eigenvalue weighted by molar-refractivity contribution is -0.129. The van der Waals surface area contributed by atoms with Crippen LogP contribution in [0.3, 0.4) is 0 Å². The zero-order valence-electron chi connectivity index (χ0n) is 13.5. The third-order valence-electron chi connectivity index (χ3n) is 5.08. The highest BCUT2D eigenvalue weighted by molar-refractivity contribution is 5.89. The molecule has 2 N–H and O–H groups in total. The summed E-state index contributed by atoms with van der Waals surface area (Å²) in [7, 11) is 0. The minimum atomic E-state index is -1.00. The lowest BCUT2D eigenvalue weighted by atomic mass is 9.79. The van der Waals surface area contributed by atoms with E-state index in [-0.39, 0.29) is 30.7 Å². The highest BCUT2D eigenvalue weighted by Gasteiger charge is 2.37. The van der Waals surface area contributed by atoms with E-state index in [1.807, 2.05) is 31.2 Å². The second-order valence-electron chi connectivity index (χ2n) is 6.59. The SMILES string of the molecule is CCN1CC(C(=O)NCC2(O)CCCc3ccccc32)CC1=O. The van der Waals surface area contributed by atoms with Crippen molar-refractivity contribution in [1.29, 1.82) is 0 Å². The number of carbonyl (C=O) groups is 2. The minimum Gasteiger partial charge on any atom is -0.383 e. The molecule has 2 amide bonds. The summed E-state index contributed by atoms with van der Waals surface area (Å²) in [6.07, 6.45) is 2.80. The predicted octanol–water partition coefficient (Wildman–Crippen LogP) is 1.20. The Hall–Kier alpha value is -1.88. The van der Waals surface area contributed by atoms with E-state index in [0.717, 1.165) is 24.0 Å². The van der Waals surface area contributed by atoms with E-state index in [1.165, 1.54) is 0 Å². The Morgan fingerprint density at radius 3 is 2.96 bits per heavy atom. The molecule has 5 heteroatoms. The number of carbonyl (C=O) groups excluding carboxylic acids is 2. The number of aliphatic hydroxyl groups is 1. The van der Waals surface area contributed by atoms with Crippen LogP contribution in [-0.2, 0) is 21.6 Å². The summed E-state index contributed by atoms with van der Waals surface area (Å²) in [4.78, 5) is 25.8. The monoisotopic (exact) mass is 316 g/mol. The zero-order chi connectivity index (χ0) is 16.4. The summed E-state index contributed by atoms with van der Waals surface area (Å²) in [6, 6.07) is 7.88. The number of fused-ring (bicyclic) bond motifs is 1. The number of hydrogen-bond donors (Lipinski definition) is 2. The molecule has 0 aromatic heterocycles. The minimum absolute atomic E-state index is 0.0365. The van der Waals surface area contributed by atoms with Crippen molar-refractivity contribution >= 4 is 11.8 Å². The van der Waals surface area contributed by atoms with Gasteiger partial charge in [-0.05, 0) is 37.3 Å². The Morgan fingerprint density at radius 1 is 1.43 bits per heavy atom. The Morgan fingerprint density at radius 2 is 2.22 bits per heavy atom. The van der Waals surface area contributed by atoms with Crippen LogP contribution in [0.5, 0.6) is 0 Å². The van der Waals surface area contributed by atoms with Gasteiger partial charge in [0.2, 0.25) is 11.8 Å². The molecule has 2 unspecified atom stereocenters. The van der Waals surface area contributed by atoms with Gasteiger partial charge in [-0.1, -0.05) is 24.3 Å². The predicted molar refractivity (Wildman–Crippen MR) is 86.6 cm³/mol. The van der Waals surface area contributed by atoms with Crippen LogP contribution < -0.4 is 5.32 Å². The van der Waals surface area contributed by atoms with Crippen molar-refractivity contribution in [2.24, 2.45) is 5.92 Å². The van der Waals surface area contributed by atoms with E-state index in [2.05, 4.69) is 5.32 Å². The van der Waals surface area contributed by atoms with Gasteiger partial charge >= 0.3 is 0 Å². The molecule has 1 aromatic rings. The third kappa shape index (κ3) is 3.11. The summed E-state index contributed by atoms with van der Waals surface area (Å²) in [5.41, 5.74) is 1.07. The van der Waals surface area contributed by atoms with Gasteiger partial charge in [0.1, 0.15) is 5.60 Å². The smallest absolute Gasteiger partial charge is 0.225 e. The molecule has 1 aliphatic carbocycles. The Bertz CT molecular complexity index is 616.